The van der Waals surface area contributed by atoms with Crippen molar-refractivity contribution in [2.45, 2.75) is 51.2 Å². The average Bonchev–Trinajstić information content (AvgIpc) is 2.96. The average molecular weight is 231 g/mol. The summed E-state index contributed by atoms with van der Waals surface area (Å²) in [6, 6.07) is 7.25. The summed E-state index contributed by atoms with van der Waals surface area (Å²) >= 11 is 0. The fourth-order valence-electron chi connectivity index (χ4n) is 3.30. The van der Waals surface area contributed by atoms with Gasteiger partial charge in [0.1, 0.15) is 0 Å². The largest absolute Gasteiger partial charge is 0.389 e. The van der Waals surface area contributed by atoms with Crippen LogP contribution in [-0.4, -0.2) is 17.7 Å². The van der Waals surface area contributed by atoms with Crippen LogP contribution in [0.25, 0.3) is 0 Å². The van der Waals surface area contributed by atoms with Crippen molar-refractivity contribution in [2.24, 2.45) is 0 Å². The van der Waals surface area contributed by atoms with Crippen LogP contribution >= 0.6 is 0 Å². The molecule has 17 heavy (non-hydrogen) atoms. The highest BCUT2D eigenvalue weighted by Gasteiger charge is 2.28. The number of aliphatic hydroxyl groups excluding tert-OH is 1. The summed E-state index contributed by atoms with van der Waals surface area (Å²) in [6.45, 7) is 3.01. The van der Waals surface area contributed by atoms with E-state index < -0.39 is 0 Å². The molecule has 1 fully saturated rings. The Morgan fingerprint density at radius 1 is 1.29 bits per heavy atom. The van der Waals surface area contributed by atoms with E-state index in [0.29, 0.717) is 0 Å². The molecule has 92 valence electrons. The van der Waals surface area contributed by atoms with Crippen molar-refractivity contribution in [1.82, 2.24) is 0 Å². The van der Waals surface area contributed by atoms with Crippen molar-refractivity contribution in [2.75, 3.05) is 11.4 Å². The van der Waals surface area contributed by atoms with Crippen LogP contribution in [-0.2, 0) is 6.42 Å². The third kappa shape index (κ3) is 1.95. The molecule has 2 nitrogen and oxygen atoms in total. The van der Waals surface area contributed by atoms with E-state index in [0.717, 1.165) is 18.0 Å². The van der Waals surface area contributed by atoms with Crippen molar-refractivity contribution in [3.63, 3.8) is 0 Å². The van der Waals surface area contributed by atoms with Gasteiger partial charge in [0.05, 0.1) is 6.10 Å². The number of anilines is 1. The third-order valence-corrected chi connectivity index (χ3v) is 4.28. The standard InChI is InChI=1S/C15H21NO/c1-11(17)12-6-7-15-13(10-12)8-9-16(15)14-4-2-3-5-14/h6-7,10-11,14,17H,2-5,8-9H2,1H3. The van der Waals surface area contributed by atoms with E-state index in [1.54, 1.807) is 0 Å². The summed E-state index contributed by atoms with van der Waals surface area (Å²) in [6.07, 6.45) is 6.30. The van der Waals surface area contributed by atoms with Crippen LogP contribution in [0.1, 0.15) is 49.8 Å². The fourth-order valence-corrected chi connectivity index (χ4v) is 3.30. The molecule has 0 amide bonds. The highest BCUT2D eigenvalue weighted by atomic mass is 16.3. The zero-order chi connectivity index (χ0) is 11.8. The van der Waals surface area contributed by atoms with Gasteiger partial charge in [-0.1, -0.05) is 25.0 Å². The predicted octanol–water partition coefficient (Wildman–Crippen LogP) is 3.05. The number of hydrogen-bond donors (Lipinski definition) is 1. The molecule has 1 N–H and O–H groups in total. The Bertz CT molecular complexity index is 407. The first kappa shape index (κ1) is 11.1. The lowest BCUT2D eigenvalue weighted by molar-refractivity contribution is 0.199. The van der Waals surface area contributed by atoms with Gasteiger partial charge in [0, 0.05) is 18.3 Å². The molecule has 2 heteroatoms. The van der Waals surface area contributed by atoms with E-state index in [4.69, 9.17) is 0 Å². The second-order valence-electron chi connectivity index (χ2n) is 5.45. The number of benzene rings is 1. The van der Waals surface area contributed by atoms with E-state index >= 15 is 0 Å². The van der Waals surface area contributed by atoms with Gasteiger partial charge in [-0.05, 0) is 43.4 Å². The van der Waals surface area contributed by atoms with Crippen molar-refractivity contribution in [3.8, 4) is 0 Å². The second-order valence-corrected chi connectivity index (χ2v) is 5.45. The quantitative estimate of drug-likeness (QED) is 0.845. The summed E-state index contributed by atoms with van der Waals surface area (Å²) in [4.78, 5) is 2.59. The monoisotopic (exact) mass is 231 g/mol. The van der Waals surface area contributed by atoms with Crippen molar-refractivity contribution >= 4 is 5.69 Å². The van der Waals surface area contributed by atoms with E-state index in [1.807, 2.05) is 6.92 Å². The second kappa shape index (κ2) is 4.34. The molecule has 1 saturated carbocycles. The Morgan fingerprint density at radius 3 is 2.76 bits per heavy atom. The van der Waals surface area contributed by atoms with Gasteiger partial charge in [0.2, 0.25) is 0 Å². The minimum atomic E-state index is -0.346. The number of rotatable bonds is 2. The van der Waals surface area contributed by atoms with Gasteiger partial charge < -0.3 is 10.0 Å². The molecule has 1 atom stereocenters. The van der Waals surface area contributed by atoms with Crippen LogP contribution in [0.2, 0.25) is 0 Å². The first-order valence-corrected chi connectivity index (χ1v) is 6.83. The first-order valence-electron chi connectivity index (χ1n) is 6.83. The zero-order valence-corrected chi connectivity index (χ0v) is 10.5. The number of hydrogen-bond acceptors (Lipinski definition) is 2. The van der Waals surface area contributed by atoms with Gasteiger partial charge in [-0.15, -0.1) is 0 Å². The van der Waals surface area contributed by atoms with Crippen LogP contribution in [0.15, 0.2) is 18.2 Å². The van der Waals surface area contributed by atoms with E-state index in [-0.39, 0.29) is 6.10 Å². The summed E-state index contributed by atoms with van der Waals surface area (Å²) in [5, 5.41) is 9.62. The van der Waals surface area contributed by atoms with Gasteiger partial charge in [0.15, 0.2) is 0 Å². The molecule has 0 radical (unpaired) electrons. The molecule has 1 aromatic carbocycles. The van der Waals surface area contributed by atoms with Crippen molar-refractivity contribution < 1.29 is 5.11 Å². The van der Waals surface area contributed by atoms with Gasteiger partial charge in [-0.25, -0.2) is 0 Å². The molecule has 0 saturated heterocycles. The van der Waals surface area contributed by atoms with Crippen LogP contribution in [0.5, 0.6) is 0 Å². The Morgan fingerprint density at radius 2 is 2.06 bits per heavy atom. The summed E-state index contributed by atoms with van der Waals surface area (Å²) in [5.41, 5.74) is 3.90. The van der Waals surface area contributed by atoms with Crippen molar-refractivity contribution in [1.29, 1.82) is 0 Å². The van der Waals surface area contributed by atoms with Gasteiger partial charge in [-0.3, -0.25) is 0 Å². The summed E-state index contributed by atoms with van der Waals surface area (Å²) < 4.78 is 0. The maximum atomic E-state index is 9.62. The lowest BCUT2D eigenvalue weighted by Crippen LogP contribution is -2.31. The minimum absolute atomic E-state index is 0.346. The fraction of sp³-hybridized carbons (Fsp3) is 0.600. The molecular weight excluding hydrogens is 210 g/mol. The minimum Gasteiger partial charge on any atom is -0.389 e. The molecule has 1 aliphatic carbocycles. The van der Waals surface area contributed by atoms with Gasteiger partial charge >= 0.3 is 0 Å². The number of fused-ring (bicyclic) bond motifs is 1. The predicted molar refractivity (Wildman–Crippen MR) is 70.4 cm³/mol. The SMILES string of the molecule is CC(O)c1ccc2c(c1)CCN2C1CCCC1. The molecule has 1 unspecified atom stereocenters. The Kier molecular flexibility index (Phi) is 2.83. The first-order chi connectivity index (χ1) is 8.25. The van der Waals surface area contributed by atoms with Crippen LogP contribution in [0, 0.1) is 0 Å². The molecule has 0 spiro atoms. The summed E-state index contributed by atoms with van der Waals surface area (Å²) in [5.74, 6) is 0. The third-order valence-electron chi connectivity index (χ3n) is 4.28. The smallest absolute Gasteiger partial charge is 0.0762 e. The van der Waals surface area contributed by atoms with Gasteiger partial charge in [0.25, 0.3) is 0 Å². The maximum Gasteiger partial charge on any atom is 0.0762 e. The maximum absolute atomic E-state index is 9.62. The molecule has 0 aromatic heterocycles. The van der Waals surface area contributed by atoms with E-state index in [2.05, 4.69) is 23.1 Å². The normalized spacial score (nSPS) is 21.9. The highest BCUT2D eigenvalue weighted by Crippen LogP contribution is 2.36. The topological polar surface area (TPSA) is 23.5 Å². The number of aliphatic hydroxyl groups is 1. The van der Waals surface area contributed by atoms with E-state index in [9.17, 15) is 5.11 Å². The Balaban J connectivity index is 1.87. The molecule has 1 heterocycles. The molecule has 2 aliphatic rings. The highest BCUT2D eigenvalue weighted by molar-refractivity contribution is 5.60. The van der Waals surface area contributed by atoms with Crippen molar-refractivity contribution in [3.05, 3.63) is 29.3 Å². The number of nitrogens with zero attached hydrogens (tertiary/aromatic N) is 1. The van der Waals surface area contributed by atoms with E-state index in [1.165, 1.54) is 43.5 Å². The van der Waals surface area contributed by atoms with Crippen LogP contribution in [0.3, 0.4) is 0 Å². The lowest BCUT2D eigenvalue weighted by atomic mass is 10.0. The zero-order valence-electron chi connectivity index (χ0n) is 10.5. The lowest BCUT2D eigenvalue weighted by Gasteiger charge is -2.27. The summed E-state index contributed by atoms with van der Waals surface area (Å²) in [7, 11) is 0. The van der Waals surface area contributed by atoms with Crippen LogP contribution in [0.4, 0.5) is 5.69 Å². The molecule has 0 bridgehead atoms. The molecule has 1 aromatic rings. The Hall–Kier alpha value is -1.02. The Labute approximate surface area is 103 Å². The molecule has 1 aliphatic heterocycles. The molecular formula is C15H21NO. The van der Waals surface area contributed by atoms with Crippen LogP contribution < -0.4 is 4.90 Å². The van der Waals surface area contributed by atoms with Gasteiger partial charge in [-0.2, -0.15) is 0 Å². The molecule has 3 rings (SSSR count).